The second kappa shape index (κ2) is 21.4. The van der Waals surface area contributed by atoms with Gasteiger partial charge < -0.3 is 48.1 Å². The van der Waals surface area contributed by atoms with E-state index < -0.39 is 120 Å². The van der Waals surface area contributed by atoms with Crippen molar-refractivity contribution in [3.8, 4) is 0 Å². The van der Waals surface area contributed by atoms with Crippen molar-refractivity contribution in [2.24, 2.45) is 16.7 Å². The first-order valence-corrected chi connectivity index (χ1v) is 28.2. The van der Waals surface area contributed by atoms with Crippen molar-refractivity contribution in [2.75, 3.05) is 6.61 Å². The van der Waals surface area contributed by atoms with Gasteiger partial charge in [-0.1, -0.05) is 98.3 Å². The van der Waals surface area contributed by atoms with Crippen LogP contribution in [0.1, 0.15) is 156 Å². The van der Waals surface area contributed by atoms with E-state index in [0.717, 1.165) is 45.4 Å². The third-order valence-electron chi connectivity index (χ3n) is 16.4. The molecule has 17 heteroatoms. The van der Waals surface area contributed by atoms with Gasteiger partial charge >= 0.3 is 23.9 Å². The first-order chi connectivity index (χ1) is 33.2. The van der Waals surface area contributed by atoms with Crippen LogP contribution in [0.4, 0.5) is 0 Å². The number of hydrogen-bond donors (Lipinski definition) is 3. The van der Waals surface area contributed by atoms with Crippen molar-refractivity contribution in [2.45, 2.75) is 205 Å². The lowest BCUT2D eigenvalue weighted by molar-refractivity contribution is -0.346. The number of nitrogens with one attached hydrogen (secondary N) is 1. The summed E-state index contributed by atoms with van der Waals surface area (Å²) in [6.07, 6.45) is -1.17. The number of hydrogen-bond acceptors (Lipinski definition) is 15. The molecule has 1 saturated heterocycles. The average molecular weight is 1010 g/mol. The highest BCUT2D eigenvalue weighted by atomic mass is 28.4. The molecule has 71 heavy (non-hydrogen) atoms. The Morgan fingerprint density at radius 2 is 1.55 bits per heavy atom. The summed E-state index contributed by atoms with van der Waals surface area (Å²) >= 11 is 0. The third-order valence-corrected chi connectivity index (χ3v) is 20.8. The molecule has 1 aromatic heterocycles. The van der Waals surface area contributed by atoms with Gasteiger partial charge in [-0.25, -0.2) is 9.59 Å². The summed E-state index contributed by atoms with van der Waals surface area (Å²) in [6, 6.07) is 10.1. The highest BCUT2D eigenvalue weighted by Crippen LogP contribution is 2.64. The fourth-order valence-corrected chi connectivity index (χ4v) is 12.4. The normalized spacial score (nSPS) is 30.0. The molecule has 0 unspecified atom stereocenters. The smallest absolute Gasteiger partial charge is 0.338 e. The SMILES string of the molecule is CCCCCCCCCC(=O)N[C@@H](c1ccco1)[C@@H](O[Si](C)(C)C(C)(C)C)C(=O)O[C@H]1C[C@@]2(O)[C@@H](OC(=O)c3ccccc3)[C@@H]3[C@]4(OC(C)=O)CO[C@@H]4C[C@H](O)[C@@]3(C)C(=O)[C@H](OC(C)=O)C(=C1C)C2(C)C. The van der Waals surface area contributed by atoms with Crippen molar-refractivity contribution in [1.29, 1.82) is 0 Å². The van der Waals surface area contributed by atoms with E-state index in [9.17, 15) is 29.4 Å². The molecule has 3 fully saturated rings. The van der Waals surface area contributed by atoms with Crippen LogP contribution in [-0.4, -0.2) is 109 Å². The molecule has 16 nitrogen and oxygen atoms in total. The maximum atomic E-state index is 15.8. The van der Waals surface area contributed by atoms with E-state index in [-0.39, 0.29) is 47.8 Å². The maximum Gasteiger partial charge on any atom is 0.338 e. The molecule has 1 aromatic carbocycles. The summed E-state index contributed by atoms with van der Waals surface area (Å²) < 4.78 is 44.0. The number of carbonyl (C=O) groups excluding carboxylic acids is 6. The number of benzene rings is 1. The third kappa shape index (κ3) is 10.7. The number of carbonyl (C=O) groups is 6. The highest BCUT2D eigenvalue weighted by Gasteiger charge is 2.78. The zero-order chi connectivity index (χ0) is 52.5. The molecule has 1 aliphatic heterocycles. The molecule has 2 heterocycles. The van der Waals surface area contributed by atoms with Gasteiger partial charge in [0, 0.05) is 38.5 Å². The van der Waals surface area contributed by atoms with Crippen molar-refractivity contribution >= 4 is 43.9 Å². The molecule has 2 bridgehead atoms. The van der Waals surface area contributed by atoms with Gasteiger partial charge in [0.15, 0.2) is 31.9 Å². The molecular formula is C54H77NO15Si. The predicted molar refractivity (Wildman–Crippen MR) is 263 cm³/mol. The molecule has 3 N–H and O–H groups in total. The zero-order valence-electron chi connectivity index (χ0n) is 43.7. The molecule has 0 spiro atoms. The number of fused-ring (bicyclic) bond motifs is 5. The van der Waals surface area contributed by atoms with E-state index in [1.165, 1.54) is 32.2 Å². The molecule has 2 saturated carbocycles. The minimum absolute atomic E-state index is 0.0536. The summed E-state index contributed by atoms with van der Waals surface area (Å²) in [5.41, 5.74) is -7.42. The van der Waals surface area contributed by atoms with Crippen molar-refractivity contribution < 1.29 is 71.5 Å². The number of rotatable bonds is 19. The molecule has 392 valence electrons. The Bertz CT molecular complexity index is 2300. The van der Waals surface area contributed by atoms with Gasteiger partial charge in [0.1, 0.15) is 35.7 Å². The zero-order valence-corrected chi connectivity index (χ0v) is 44.7. The fourth-order valence-electron chi connectivity index (χ4n) is 11.2. The van der Waals surface area contributed by atoms with E-state index in [2.05, 4.69) is 12.2 Å². The van der Waals surface area contributed by atoms with Gasteiger partial charge in [0.05, 0.1) is 35.9 Å². The number of aliphatic hydroxyl groups is 2. The molecule has 6 rings (SSSR count). The average Bonchev–Trinajstić information content (AvgIpc) is 3.83. The number of ketones is 1. The fraction of sp³-hybridized carbons (Fsp3) is 0.667. The van der Waals surface area contributed by atoms with Crippen LogP contribution in [0.15, 0.2) is 64.3 Å². The number of unbranched alkanes of at least 4 members (excludes halogenated alkanes) is 6. The number of esters is 4. The van der Waals surface area contributed by atoms with Crippen molar-refractivity contribution in [3.63, 3.8) is 0 Å². The second-order valence-electron chi connectivity index (χ2n) is 22.4. The summed E-state index contributed by atoms with van der Waals surface area (Å²) in [5, 5.41) is 28.8. The predicted octanol–water partition coefficient (Wildman–Crippen LogP) is 8.19. The van der Waals surface area contributed by atoms with Gasteiger partial charge in [0.25, 0.3) is 0 Å². The Morgan fingerprint density at radius 3 is 2.11 bits per heavy atom. The van der Waals surface area contributed by atoms with Crippen LogP contribution in [0.3, 0.4) is 0 Å². The van der Waals surface area contributed by atoms with E-state index in [4.69, 9.17) is 32.5 Å². The van der Waals surface area contributed by atoms with E-state index in [0.29, 0.717) is 6.42 Å². The van der Waals surface area contributed by atoms with E-state index >= 15 is 9.59 Å². The van der Waals surface area contributed by atoms with Crippen molar-refractivity contribution in [3.05, 3.63) is 71.2 Å². The molecular weight excluding hydrogens is 931 g/mol. The Labute approximate surface area is 419 Å². The standard InChI is InChI=1S/C54H77NO15Si/c1-13-14-15-16-17-18-22-27-40(59)55-42(36-26-23-28-64-36)44(70-71(11,12)50(5,6)7)49(62)67-37-30-54(63)47(68-48(61)35-24-20-19-21-25-35)45-52(10,38(58)29-39-53(45,31-65-39)69-34(4)57)46(60)43(66-33(3)56)41(32(37)2)51(54,8)9/h19-21,23-26,28,37-39,42-45,47,58,63H,13-18,22,27,29-31H2,1-12H3,(H,55,59)/t37-,38-,39+,42-,43+,44+,45-,47-,52+,53-,54+/m0/s1. The number of aliphatic hydroxyl groups excluding tert-OH is 1. The van der Waals surface area contributed by atoms with Crippen LogP contribution in [0.2, 0.25) is 18.1 Å². The first kappa shape index (κ1) is 55.6. The molecule has 1 amide bonds. The van der Waals surface area contributed by atoms with Crippen LogP contribution in [0, 0.1) is 16.7 Å². The minimum Gasteiger partial charge on any atom is -0.467 e. The van der Waals surface area contributed by atoms with Crippen LogP contribution in [0.25, 0.3) is 0 Å². The molecule has 2 aromatic rings. The van der Waals surface area contributed by atoms with Crippen LogP contribution in [-0.2, 0) is 52.1 Å². The Kier molecular flexibility index (Phi) is 16.8. The number of amides is 1. The Hall–Kier alpha value is -4.68. The summed E-state index contributed by atoms with van der Waals surface area (Å²) in [7, 11) is -2.92. The van der Waals surface area contributed by atoms with Crippen LogP contribution >= 0.6 is 0 Å². The summed E-state index contributed by atoms with van der Waals surface area (Å²) in [4.78, 5) is 85.9. The molecule has 4 aliphatic rings. The number of furan rings is 1. The molecule has 3 aliphatic carbocycles. The van der Waals surface area contributed by atoms with Crippen LogP contribution < -0.4 is 5.32 Å². The van der Waals surface area contributed by atoms with Gasteiger partial charge in [-0.2, -0.15) is 0 Å². The molecule has 11 atom stereocenters. The van der Waals surface area contributed by atoms with Crippen molar-refractivity contribution in [1.82, 2.24) is 5.32 Å². The number of Topliss-reactive ketones (excluding diaryl/α,β-unsaturated/α-hetero) is 1. The van der Waals surface area contributed by atoms with Gasteiger partial charge in [-0.15, -0.1) is 0 Å². The quantitative estimate of drug-likeness (QED) is 0.0397. The van der Waals surface area contributed by atoms with Gasteiger partial charge in [0.2, 0.25) is 5.91 Å². The topological polar surface area (TPSA) is 223 Å². The van der Waals surface area contributed by atoms with Crippen LogP contribution in [0.5, 0.6) is 0 Å². The summed E-state index contributed by atoms with van der Waals surface area (Å²) in [5.74, 6) is -5.92. The summed E-state index contributed by atoms with van der Waals surface area (Å²) in [6.45, 7) is 20.4. The Morgan fingerprint density at radius 1 is 0.901 bits per heavy atom. The largest absolute Gasteiger partial charge is 0.467 e. The molecule has 0 radical (unpaired) electrons. The van der Waals surface area contributed by atoms with E-state index in [1.54, 1.807) is 51.1 Å². The Balaban J connectivity index is 1.51. The van der Waals surface area contributed by atoms with Gasteiger partial charge in [-0.3, -0.25) is 19.2 Å². The highest BCUT2D eigenvalue weighted by molar-refractivity contribution is 6.74. The monoisotopic (exact) mass is 1010 g/mol. The lowest BCUT2D eigenvalue weighted by Gasteiger charge is -2.67. The maximum absolute atomic E-state index is 15.8. The number of ether oxygens (including phenoxy) is 5. The first-order valence-electron chi connectivity index (χ1n) is 25.3. The second-order valence-corrected chi connectivity index (χ2v) is 27.2. The lowest BCUT2D eigenvalue weighted by atomic mass is 9.44. The lowest BCUT2D eigenvalue weighted by Crippen LogP contribution is -2.82. The van der Waals surface area contributed by atoms with Gasteiger partial charge in [-0.05, 0) is 73.8 Å². The minimum atomic E-state index is -2.92. The van der Waals surface area contributed by atoms with E-state index in [1.807, 2.05) is 33.9 Å².